The van der Waals surface area contributed by atoms with Crippen molar-refractivity contribution in [2.24, 2.45) is 0 Å². The quantitative estimate of drug-likeness (QED) is 0.530. The summed E-state index contributed by atoms with van der Waals surface area (Å²) in [6.45, 7) is 1.95. The molecule has 0 atom stereocenters. The lowest BCUT2D eigenvalue weighted by atomic mass is 10.1. The maximum absolute atomic E-state index is 13.8. The summed E-state index contributed by atoms with van der Waals surface area (Å²) in [5, 5.41) is 0. The molecule has 0 spiro atoms. The first-order valence-corrected chi connectivity index (χ1v) is 7.36. The van der Waals surface area contributed by atoms with E-state index in [9.17, 15) is 9.18 Å². The van der Waals surface area contributed by atoms with Crippen molar-refractivity contribution in [3.8, 4) is 0 Å². The third kappa shape index (κ3) is 3.55. The van der Waals surface area contributed by atoms with Crippen LogP contribution in [0.3, 0.4) is 0 Å². The van der Waals surface area contributed by atoms with Crippen LogP contribution >= 0.6 is 11.8 Å². The number of carbonyl (C=O) groups is 1. The molecule has 3 nitrogen and oxygen atoms in total. The van der Waals surface area contributed by atoms with Gasteiger partial charge < -0.3 is 10.5 Å². The second-order valence-corrected chi connectivity index (χ2v) is 5.60. The third-order valence-corrected chi connectivity index (χ3v) is 4.26. The standard InChI is InChI=1S/C16H16FNO2S/c1-10-4-3-5-14(15(10)18)21-9-11-6-7-12(13(17)8-11)16(19)20-2/h3-8H,9,18H2,1-2H3. The largest absolute Gasteiger partial charge is 0.465 e. The predicted octanol–water partition coefficient (Wildman–Crippen LogP) is 3.80. The van der Waals surface area contributed by atoms with Gasteiger partial charge in [0.2, 0.25) is 0 Å². The van der Waals surface area contributed by atoms with Gasteiger partial charge in [-0.25, -0.2) is 9.18 Å². The fourth-order valence-corrected chi connectivity index (χ4v) is 2.86. The highest BCUT2D eigenvalue weighted by Crippen LogP contribution is 2.30. The lowest BCUT2D eigenvalue weighted by Gasteiger charge is -2.08. The molecule has 0 aliphatic rings. The molecule has 0 radical (unpaired) electrons. The number of para-hydroxylation sites is 1. The van der Waals surface area contributed by atoms with E-state index in [-0.39, 0.29) is 5.56 Å². The second-order valence-electron chi connectivity index (χ2n) is 4.58. The van der Waals surface area contributed by atoms with Crippen molar-refractivity contribution in [2.75, 3.05) is 12.8 Å². The summed E-state index contributed by atoms with van der Waals surface area (Å²) in [4.78, 5) is 12.3. The number of hydrogen-bond acceptors (Lipinski definition) is 4. The molecule has 0 unspecified atom stereocenters. The average molecular weight is 305 g/mol. The Labute approximate surface area is 127 Å². The van der Waals surface area contributed by atoms with E-state index < -0.39 is 11.8 Å². The van der Waals surface area contributed by atoms with Gasteiger partial charge in [-0.05, 0) is 36.2 Å². The molecule has 0 saturated heterocycles. The van der Waals surface area contributed by atoms with Gasteiger partial charge in [0.25, 0.3) is 0 Å². The number of ether oxygens (including phenoxy) is 1. The summed E-state index contributed by atoms with van der Waals surface area (Å²) in [5.74, 6) is -0.668. The Hall–Kier alpha value is -2.01. The van der Waals surface area contributed by atoms with E-state index in [1.54, 1.807) is 6.07 Å². The Kier molecular flexibility index (Phi) is 4.85. The van der Waals surface area contributed by atoms with Crippen molar-refractivity contribution in [1.82, 2.24) is 0 Å². The molecule has 0 aromatic heterocycles. The minimum atomic E-state index is -0.672. The van der Waals surface area contributed by atoms with E-state index in [0.29, 0.717) is 5.75 Å². The lowest BCUT2D eigenvalue weighted by Crippen LogP contribution is -2.04. The number of thioether (sulfide) groups is 1. The molecule has 0 heterocycles. The summed E-state index contributed by atoms with van der Waals surface area (Å²) in [6, 6.07) is 10.3. The summed E-state index contributed by atoms with van der Waals surface area (Å²) >= 11 is 1.54. The van der Waals surface area contributed by atoms with Crippen LogP contribution in [0.1, 0.15) is 21.5 Å². The molecule has 2 N–H and O–H groups in total. The Bertz CT molecular complexity index is 673. The number of rotatable bonds is 4. The van der Waals surface area contributed by atoms with Crippen LogP contribution in [0, 0.1) is 12.7 Å². The first-order chi connectivity index (χ1) is 10.0. The van der Waals surface area contributed by atoms with Gasteiger partial charge in [0, 0.05) is 16.3 Å². The molecule has 0 bridgehead atoms. The zero-order valence-electron chi connectivity index (χ0n) is 11.9. The Morgan fingerprint density at radius 2 is 2.10 bits per heavy atom. The molecule has 2 aromatic rings. The second kappa shape index (κ2) is 6.63. The lowest BCUT2D eigenvalue weighted by molar-refractivity contribution is 0.0595. The number of nitrogen functional groups attached to an aromatic ring is 1. The van der Waals surface area contributed by atoms with E-state index in [0.717, 1.165) is 21.7 Å². The van der Waals surface area contributed by atoms with Crippen LogP contribution in [0.25, 0.3) is 0 Å². The van der Waals surface area contributed by atoms with Crippen LogP contribution in [0.2, 0.25) is 0 Å². The van der Waals surface area contributed by atoms with Crippen molar-refractivity contribution in [3.63, 3.8) is 0 Å². The number of carbonyl (C=O) groups excluding carboxylic acids is 1. The number of nitrogens with two attached hydrogens (primary N) is 1. The van der Waals surface area contributed by atoms with Crippen LogP contribution in [0.5, 0.6) is 0 Å². The summed E-state index contributed by atoms with van der Waals surface area (Å²) in [6.07, 6.45) is 0. The van der Waals surface area contributed by atoms with Gasteiger partial charge in [-0.15, -0.1) is 11.8 Å². The minimum absolute atomic E-state index is 0.0543. The smallest absolute Gasteiger partial charge is 0.340 e. The fourth-order valence-electron chi connectivity index (χ4n) is 1.86. The highest BCUT2D eigenvalue weighted by Gasteiger charge is 2.12. The van der Waals surface area contributed by atoms with Crippen molar-refractivity contribution in [1.29, 1.82) is 0 Å². The molecule has 2 aromatic carbocycles. The van der Waals surface area contributed by atoms with E-state index in [1.165, 1.54) is 31.0 Å². The van der Waals surface area contributed by atoms with Crippen LogP contribution < -0.4 is 5.73 Å². The maximum Gasteiger partial charge on any atom is 0.340 e. The van der Waals surface area contributed by atoms with Crippen LogP contribution in [0.4, 0.5) is 10.1 Å². The third-order valence-electron chi connectivity index (χ3n) is 3.12. The van der Waals surface area contributed by atoms with Gasteiger partial charge in [-0.2, -0.15) is 0 Å². The summed E-state index contributed by atoms with van der Waals surface area (Å²) < 4.78 is 18.3. The van der Waals surface area contributed by atoms with E-state index >= 15 is 0 Å². The van der Waals surface area contributed by atoms with E-state index in [2.05, 4.69) is 4.74 Å². The van der Waals surface area contributed by atoms with Crippen molar-refractivity contribution in [3.05, 3.63) is 58.9 Å². The number of halogens is 1. The first kappa shape index (κ1) is 15.4. The van der Waals surface area contributed by atoms with Gasteiger partial charge in [0.15, 0.2) is 0 Å². The Morgan fingerprint density at radius 3 is 2.76 bits per heavy atom. The molecule has 0 saturated carbocycles. The summed E-state index contributed by atoms with van der Waals surface area (Å²) in [7, 11) is 1.23. The van der Waals surface area contributed by atoms with Crippen molar-refractivity contribution in [2.45, 2.75) is 17.6 Å². The number of esters is 1. The van der Waals surface area contributed by atoms with Crippen molar-refractivity contribution >= 4 is 23.4 Å². The van der Waals surface area contributed by atoms with Crippen molar-refractivity contribution < 1.29 is 13.9 Å². The van der Waals surface area contributed by atoms with Gasteiger partial charge in [-0.1, -0.05) is 18.2 Å². The predicted molar refractivity (Wildman–Crippen MR) is 82.9 cm³/mol. The monoisotopic (exact) mass is 305 g/mol. The maximum atomic E-state index is 13.8. The van der Waals surface area contributed by atoms with E-state index in [4.69, 9.17) is 5.73 Å². The Morgan fingerprint density at radius 1 is 1.33 bits per heavy atom. The molecular formula is C16H16FNO2S. The first-order valence-electron chi connectivity index (χ1n) is 6.37. The van der Waals surface area contributed by atoms with E-state index in [1.807, 2.05) is 25.1 Å². The average Bonchev–Trinajstić information content (AvgIpc) is 2.48. The van der Waals surface area contributed by atoms with Gasteiger partial charge in [0.05, 0.1) is 12.7 Å². The molecule has 110 valence electrons. The molecule has 0 amide bonds. The minimum Gasteiger partial charge on any atom is -0.465 e. The molecule has 21 heavy (non-hydrogen) atoms. The SMILES string of the molecule is COC(=O)c1ccc(CSc2cccc(C)c2N)cc1F. The molecule has 0 fully saturated rings. The highest BCUT2D eigenvalue weighted by molar-refractivity contribution is 7.98. The molecular weight excluding hydrogens is 289 g/mol. The molecule has 5 heteroatoms. The number of methoxy groups -OCH3 is 1. The normalized spacial score (nSPS) is 10.4. The number of aryl methyl sites for hydroxylation is 1. The number of anilines is 1. The molecule has 0 aliphatic carbocycles. The molecule has 0 aliphatic heterocycles. The zero-order valence-corrected chi connectivity index (χ0v) is 12.7. The van der Waals surface area contributed by atoms with Crippen LogP contribution in [-0.4, -0.2) is 13.1 Å². The fraction of sp³-hybridized carbons (Fsp3) is 0.188. The topological polar surface area (TPSA) is 52.3 Å². The summed E-state index contributed by atoms with van der Waals surface area (Å²) in [5.41, 5.74) is 8.50. The molecule has 2 rings (SSSR count). The van der Waals surface area contributed by atoms with Crippen LogP contribution in [-0.2, 0) is 10.5 Å². The van der Waals surface area contributed by atoms with Crippen LogP contribution in [0.15, 0.2) is 41.3 Å². The Balaban J connectivity index is 2.12. The zero-order chi connectivity index (χ0) is 15.4. The number of benzene rings is 2. The highest BCUT2D eigenvalue weighted by atomic mass is 32.2. The van der Waals surface area contributed by atoms with Gasteiger partial charge in [0.1, 0.15) is 5.82 Å². The number of hydrogen-bond donors (Lipinski definition) is 1. The van der Waals surface area contributed by atoms with Gasteiger partial charge in [-0.3, -0.25) is 0 Å². The van der Waals surface area contributed by atoms with Gasteiger partial charge >= 0.3 is 5.97 Å².